The third-order valence-corrected chi connectivity index (χ3v) is 7.45. The van der Waals surface area contributed by atoms with Gasteiger partial charge in [-0.15, -0.1) is 34.4 Å². The van der Waals surface area contributed by atoms with Crippen LogP contribution in [-0.2, 0) is 11.2 Å². The molecule has 1 N–H and O–H groups in total. The molecule has 6 heteroatoms. The lowest BCUT2D eigenvalue weighted by atomic mass is 9.90. The molecule has 3 rings (SSSR count). The molecule has 0 saturated heterocycles. The first-order valence-corrected chi connectivity index (χ1v) is 11.7. The number of aromatic nitrogens is 1. The van der Waals surface area contributed by atoms with Crippen molar-refractivity contribution in [1.82, 2.24) is 4.98 Å². The monoisotopic (exact) mass is 405 g/mol. The van der Waals surface area contributed by atoms with E-state index in [9.17, 15) is 4.79 Å². The van der Waals surface area contributed by atoms with Crippen LogP contribution in [0.5, 0.6) is 0 Å². The van der Waals surface area contributed by atoms with E-state index in [0.717, 1.165) is 11.3 Å². The van der Waals surface area contributed by atoms with Gasteiger partial charge in [0.25, 0.3) is 0 Å². The predicted molar refractivity (Wildman–Crippen MR) is 112 cm³/mol. The van der Waals surface area contributed by atoms with Crippen LogP contribution in [0.4, 0.5) is 0 Å². The molecule has 26 heavy (non-hydrogen) atoms. The third-order valence-electron chi connectivity index (χ3n) is 4.48. The summed E-state index contributed by atoms with van der Waals surface area (Å²) >= 11 is 4.93. The number of nitrogens with zero attached hydrogens (tertiary/aromatic N) is 1. The number of hydrogen-bond acceptors (Lipinski definition) is 5. The Kier molecular flexibility index (Phi) is 7.18. The molecule has 2 heterocycles. The van der Waals surface area contributed by atoms with Crippen LogP contribution >= 0.6 is 34.4 Å². The summed E-state index contributed by atoms with van der Waals surface area (Å²) in [6.07, 6.45) is 7.54. The Morgan fingerprint density at radius 1 is 1.31 bits per heavy atom. The molecule has 0 aliphatic heterocycles. The van der Waals surface area contributed by atoms with Gasteiger partial charge in [0.2, 0.25) is 0 Å². The van der Waals surface area contributed by atoms with Gasteiger partial charge in [-0.1, -0.05) is 31.1 Å². The second-order valence-corrected chi connectivity index (χ2v) is 9.91. The maximum absolute atomic E-state index is 10.5. The van der Waals surface area contributed by atoms with Crippen molar-refractivity contribution in [3.8, 4) is 11.8 Å². The zero-order chi connectivity index (χ0) is 18.4. The molecule has 0 atom stereocenters. The van der Waals surface area contributed by atoms with Gasteiger partial charge >= 0.3 is 5.97 Å². The smallest absolute Gasteiger partial charge is 0.313 e. The Labute approximate surface area is 167 Å². The van der Waals surface area contributed by atoms with Gasteiger partial charge in [-0.3, -0.25) is 4.79 Å². The van der Waals surface area contributed by atoms with Crippen molar-refractivity contribution >= 4 is 40.4 Å². The number of aryl methyl sites for hydroxylation is 1. The quantitative estimate of drug-likeness (QED) is 0.522. The van der Waals surface area contributed by atoms with Gasteiger partial charge in [-0.2, -0.15) is 0 Å². The molecule has 138 valence electrons. The highest BCUT2D eigenvalue weighted by atomic mass is 32.2. The molecule has 1 aliphatic carbocycles. The first-order chi connectivity index (χ1) is 12.6. The maximum atomic E-state index is 10.5. The van der Waals surface area contributed by atoms with Crippen molar-refractivity contribution in [2.75, 3.05) is 11.5 Å². The van der Waals surface area contributed by atoms with E-state index >= 15 is 0 Å². The fourth-order valence-corrected chi connectivity index (χ4v) is 5.60. The third kappa shape index (κ3) is 5.60. The standard InChI is InChI=1S/C20H23NO2S3/c1-14-18(21-20(25-14)15-6-3-2-4-7-15)12-17-10-9-16(26-17)8-5-11-24-13-19(22)23/h9-10,15H,2-4,6-7,11-13H2,1H3,(H,22,23). The second kappa shape index (κ2) is 9.59. The number of thioether (sulfide) groups is 1. The van der Waals surface area contributed by atoms with E-state index in [0.29, 0.717) is 11.7 Å². The fourth-order valence-electron chi connectivity index (χ4n) is 3.16. The van der Waals surface area contributed by atoms with E-state index in [1.54, 1.807) is 11.3 Å². The molecule has 0 amide bonds. The van der Waals surface area contributed by atoms with Crippen LogP contribution in [0.2, 0.25) is 0 Å². The van der Waals surface area contributed by atoms with Crippen LogP contribution in [0.3, 0.4) is 0 Å². The highest BCUT2D eigenvalue weighted by molar-refractivity contribution is 8.00. The Balaban J connectivity index is 1.58. The van der Waals surface area contributed by atoms with E-state index in [4.69, 9.17) is 10.1 Å². The molecule has 3 nitrogen and oxygen atoms in total. The minimum atomic E-state index is -0.790. The van der Waals surface area contributed by atoms with Crippen molar-refractivity contribution in [3.63, 3.8) is 0 Å². The zero-order valence-electron chi connectivity index (χ0n) is 14.9. The van der Waals surface area contributed by atoms with Gasteiger partial charge in [0.05, 0.1) is 27.1 Å². The average Bonchev–Trinajstić information content (AvgIpc) is 3.22. The van der Waals surface area contributed by atoms with Crippen LogP contribution < -0.4 is 0 Å². The molecule has 0 aromatic carbocycles. The number of aliphatic carboxylic acids is 1. The van der Waals surface area contributed by atoms with Crippen LogP contribution in [0.1, 0.15) is 63.4 Å². The van der Waals surface area contributed by atoms with Gasteiger partial charge < -0.3 is 5.11 Å². The highest BCUT2D eigenvalue weighted by Crippen LogP contribution is 2.36. The predicted octanol–water partition coefficient (Wildman–Crippen LogP) is 5.32. The van der Waals surface area contributed by atoms with Crippen molar-refractivity contribution < 1.29 is 9.90 Å². The lowest BCUT2D eigenvalue weighted by Gasteiger charge is -2.18. The summed E-state index contributed by atoms with van der Waals surface area (Å²) in [6.45, 7) is 2.19. The van der Waals surface area contributed by atoms with E-state index in [1.165, 1.54) is 64.3 Å². The minimum Gasteiger partial charge on any atom is -0.481 e. The van der Waals surface area contributed by atoms with Crippen LogP contribution in [0.15, 0.2) is 12.1 Å². The normalized spacial score (nSPS) is 14.8. The number of thiophene rings is 1. The number of thiazole rings is 1. The Morgan fingerprint density at radius 3 is 2.88 bits per heavy atom. The molecule has 2 aromatic heterocycles. The lowest BCUT2D eigenvalue weighted by molar-refractivity contribution is -0.133. The molecule has 0 radical (unpaired) electrons. The summed E-state index contributed by atoms with van der Waals surface area (Å²) in [6, 6.07) is 4.19. The van der Waals surface area contributed by atoms with Gasteiger partial charge in [0.15, 0.2) is 0 Å². The molecule has 1 fully saturated rings. The Morgan fingerprint density at radius 2 is 2.12 bits per heavy atom. The molecule has 1 aliphatic rings. The van der Waals surface area contributed by atoms with Crippen molar-refractivity contribution in [3.05, 3.63) is 37.5 Å². The van der Waals surface area contributed by atoms with Gasteiger partial charge in [0, 0.05) is 22.1 Å². The molecule has 2 aromatic rings. The van der Waals surface area contributed by atoms with E-state index < -0.39 is 5.97 Å². The number of carbonyl (C=O) groups is 1. The van der Waals surface area contributed by atoms with Crippen LogP contribution in [0.25, 0.3) is 0 Å². The number of hydrogen-bond donors (Lipinski definition) is 1. The van der Waals surface area contributed by atoms with Crippen molar-refractivity contribution in [2.24, 2.45) is 0 Å². The highest BCUT2D eigenvalue weighted by Gasteiger charge is 2.20. The lowest BCUT2D eigenvalue weighted by Crippen LogP contribution is -2.04. The van der Waals surface area contributed by atoms with Crippen LogP contribution in [-0.4, -0.2) is 27.6 Å². The Bertz CT molecular complexity index is 807. The molecule has 1 saturated carbocycles. The summed E-state index contributed by atoms with van der Waals surface area (Å²) in [5.41, 5.74) is 1.22. The fraction of sp³-hybridized carbons (Fsp3) is 0.500. The molecule has 0 bridgehead atoms. The maximum Gasteiger partial charge on any atom is 0.313 e. The second-order valence-electron chi connectivity index (χ2n) is 6.52. The van der Waals surface area contributed by atoms with Crippen molar-refractivity contribution in [2.45, 2.75) is 51.4 Å². The average molecular weight is 406 g/mol. The van der Waals surface area contributed by atoms with Gasteiger partial charge in [-0.05, 0) is 31.9 Å². The van der Waals surface area contributed by atoms with Crippen molar-refractivity contribution in [1.29, 1.82) is 0 Å². The first kappa shape index (κ1) is 19.5. The first-order valence-electron chi connectivity index (χ1n) is 8.95. The van der Waals surface area contributed by atoms with E-state index in [-0.39, 0.29) is 5.75 Å². The topological polar surface area (TPSA) is 50.2 Å². The van der Waals surface area contributed by atoms with Gasteiger partial charge in [0.1, 0.15) is 0 Å². The van der Waals surface area contributed by atoms with E-state index in [1.807, 2.05) is 11.3 Å². The summed E-state index contributed by atoms with van der Waals surface area (Å²) in [4.78, 5) is 19.1. The SMILES string of the molecule is Cc1sc(C2CCCCC2)nc1Cc1ccc(C#CCSCC(=O)O)s1. The number of rotatable bonds is 6. The Hall–Kier alpha value is -1.29. The molecule has 0 unspecified atom stereocenters. The zero-order valence-corrected chi connectivity index (χ0v) is 17.4. The number of carboxylic acid groups (broad SMARTS) is 1. The van der Waals surface area contributed by atoms with E-state index in [2.05, 4.69) is 30.9 Å². The minimum absolute atomic E-state index is 0.108. The summed E-state index contributed by atoms with van der Waals surface area (Å²) < 4.78 is 0. The van der Waals surface area contributed by atoms with Crippen LogP contribution in [0, 0.1) is 18.8 Å². The summed E-state index contributed by atoms with van der Waals surface area (Å²) in [5.74, 6) is 6.72. The largest absolute Gasteiger partial charge is 0.481 e. The van der Waals surface area contributed by atoms with Gasteiger partial charge in [-0.25, -0.2) is 4.98 Å². The summed E-state index contributed by atoms with van der Waals surface area (Å²) in [5, 5.41) is 9.95. The molecular weight excluding hydrogens is 382 g/mol. The molecular formula is C20H23NO2S3. The summed E-state index contributed by atoms with van der Waals surface area (Å²) in [7, 11) is 0. The number of carboxylic acids is 1. The molecule has 0 spiro atoms.